The van der Waals surface area contributed by atoms with Crippen LogP contribution in [0.15, 0.2) is 0 Å². The van der Waals surface area contributed by atoms with Gasteiger partial charge in [-0.3, -0.25) is 20.3 Å². The van der Waals surface area contributed by atoms with Crippen molar-refractivity contribution in [1.29, 1.82) is 0 Å². The summed E-state index contributed by atoms with van der Waals surface area (Å²) in [5.41, 5.74) is -2.08. The lowest BCUT2D eigenvalue weighted by atomic mass is 10.00. The second-order valence-electron chi connectivity index (χ2n) is 4.85. The fourth-order valence-corrected chi connectivity index (χ4v) is 2.21. The number of nitrogens with zero attached hydrogens (tertiary/aromatic N) is 1. The Labute approximate surface area is 113 Å². The first-order valence-electron chi connectivity index (χ1n) is 5.94. The van der Waals surface area contributed by atoms with Gasteiger partial charge in [-0.1, -0.05) is 0 Å². The van der Waals surface area contributed by atoms with Crippen LogP contribution in [0.5, 0.6) is 0 Å². The van der Waals surface area contributed by atoms with E-state index in [1.54, 1.807) is 0 Å². The van der Waals surface area contributed by atoms with Crippen LogP contribution in [-0.2, 0) is 14.4 Å². The van der Waals surface area contributed by atoms with Crippen molar-refractivity contribution in [2.24, 2.45) is 0 Å². The van der Waals surface area contributed by atoms with Gasteiger partial charge in [-0.25, -0.2) is 9.68 Å². The second-order valence-corrected chi connectivity index (χ2v) is 4.85. The molecule has 0 spiro atoms. The van der Waals surface area contributed by atoms with Crippen molar-refractivity contribution < 1.29 is 39.8 Å². The van der Waals surface area contributed by atoms with Crippen molar-refractivity contribution in [1.82, 2.24) is 10.2 Å². The fourth-order valence-electron chi connectivity index (χ4n) is 2.21. The van der Waals surface area contributed by atoms with Gasteiger partial charge in [0.25, 0.3) is 5.91 Å². The number of urea groups is 1. The molecule has 114 valence electrons. The molecule has 2 heterocycles. The Kier molecular flexibility index (Phi) is 3.95. The van der Waals surface area contributed by atoms with Crippen LogP contribution >= 0.6 is 0 Å². The molecule has 0 saturated carbocycles. The van der Waals surface area contributed by atoms with Gasteiger partial charge in [0.15, 0.2) is 6.23 Å². The number of ether oxygens (including phenoxy) is 1. The molecule has 0 aromatic heterocycles. The third-order valence-corrected chi connectivity index (χ3v) is 3.55. The van der Waals surface area contributed by atoms with Crippen LogP contribution < -0.4 is 5.32 Å². The number of hydrogen-bond acceptors (Lipinski definition) is 8. The zero-order chi connectivity index (χ0) is 15.1. The zero-order valence-electron chi connectivity index (χ0n) is 10.6. The van der Waals surface area contributed by atoms with E-state index in [0.717, 1.165) is 11.8 Å². The lowest BCUT2D eigenvalue weighted by molar-refractivity contribution is -0.344. The lowest BCUT2D eigenvalue weighted by Crippen LogP contribution is -2.71. The summed E-state index contributed by atoms with van der Waals surface area (Å²) in [4.78, 5) is 28.1. The van der Waals surface area contributed by atoms with Crippen molar-refractivity contribution in [3.63, 3.8) is 0 Å². The molecular formula is C10H16N2O8. The van der Waals surface area contributed by atoms with Crippen LogP contribution in [0, 0.1) is 0 Å². The van der Waals surface area contributed by atoms with Gasteiger partial charge in [-0.05, 0) is 6.92 Å². The Morgan fingerprint density at radius 2 is 2.15 bits per heavy atom. The van der Waals surface area contributed by atoms with E-state index in [4.69, 9.17) is 15.1 Å². The monoisotopic (exact) mass is 292 g/mol. The first-order chi connectivity index (χ1) is 9.35. The minimum absolute atomic E-state index is 0.0641. The highest BCUT2D eigenvalue weighted by molar-refractivity contribution is 6.01. The van der Waals surface area contributed by atoms with E-state index in [0.29, 0.717) is 0 Å². The molecular weight excluding hydrogens is 276 g/mol. The first-order valence-corrected chi connectivity index (χ1v) is 5.94. The summed E-state index contributed by atoms with van der Waals surface area (Å²) in [6, 6.07) is -0.951. The number of rotatable bonds is 3. The Morgan fingerprint density at radius 1 is 1.50 bits per heavy atom. The van der Waals surface area contributed by atoms with E-state index in [1.807, 2.05) is 5.32 Å². The number of aliphatic hydroxyl groups excluding tert-OH is 3. The number of imide groups is 1. The summed E-state index contributed by atoms with van der Waals surface area (Å²) < 4.78 is 5.23. The van der Waals surface area contributed by atoms with E-state index in [1.165, 1.54) is 0 Å². The summed E-state index contributed by atoms with van der Waals surface area (Å²) in [7, 11) is 0. The Hall–Kier alpha value is -1.30. The molecule has 0 bridgehead atoms. The van der Waals surface area contributed by atoms with Gasteiger partial charge < -0.3 is 20.1 Å². The number of carbonyl (C=O) groups is 2. The molecule has 2 aliphatic rings. The molecule has 0 aromatic rings. The highest BCUT2D eigenvalue weighted by atomic mass is 17.1. The average molecular weight is 292 g/mol. The van der Waals surface area contributed by atoms with Crippen molar-refractivity contribution in [2.75, 3.05) is 6.61 Å². The van der Waals surface area contributed by atoms with E-state index in [-0.39, 0.29) is 6.42 Å². The molecule has 0 aliphatic carbocycles. The Balaban J connectivity index is 2.23. The molecule has 2 aliphatic heterocycles. The lowest BCUT2D eigenvalue weighted by Gasteiger charge is -2.43. The molecule has 2 fully saturated rings. The maximum Gasteiger partial charge on any atom is 0.328 e. The van der Waals surface area contributed by atoms with E-state index >= 15 is 0 Å². The fraction of sp³-hybridized carbons (Fsp3) is 0.800. The quantitative estimate of drug-likeness (QED) is 0.285. The van der Waals surface area contributed by atoms with Gasteiger partial charge in [0.2, 0.25) is 5.60 Å². The maximum atomic E-state index is 11.8. The highest BCUT2D eigenvalue weighted by Gasteiger charge is 2.56. The topological polar surface area (TPSA) is 149 Å². The third kappa shape index (κ3) is 2.16. The third-order valence-electron chi connectivity index (χ3n) is 3.55. The van der Waals surface area contributed by atoms with Crippen LogP contribution in [0.25, 0.3) is 0 Å². The minimum atomic E-state index is -2.08. The zero-order valence-corrected chi connectivity index (χ0v) is 10.6. The van der Waals surface area contributed by atoms with Gasteiger partial charge in [-0.15, -0.1) is 0 Å². The number of hydrogen-bond donors (Lipinski definition) is 5. The summed E-state index contributed by atoms with van der Waals surface area (Å²) in [5, 5.41) is 39.4. The SMILES string of the molecule is C[C@@]1(OO)C(=O)NC(=O)N([C@H]2C[C@H](O)[C@@H](CO)O2)[C@@H]1O. The highest BCUT2D eigenvalue weighted by Crippen LogP contribution is 2.30. The largest absolute Gasteiger partial charge is 0.394 e. The molecule has 0 aromatic carbocycles. The number of amides is 3. The van der Waals surface area contributed by atoms with E-state index in [2.05, 4.69) is 4.89 Å². The van der Waals surface area contributed by atoms with Crippen LogP contribution in [0.3, 0.4) is 0 Å². The smallest absolute Gasteiger partial charge is 0.328 e. The molecule has 10 nitrogen and oxygen atoms in total. The molecule has 3 amide bonds. The first kappa shape index (κ1) is 15.1. The summed E-state index contributed by atoms with van der Waals surface area (Å²) in [5.74, 6) is -1.01. The Bertz CT molecular complexity index is 418. The minimum Gasteiger partial charge on any atom is -0.394 e. The van der Waals surface area contributed by atoms with Crippen molar-refractivity contribution in [3.05, 3.63) is 0 Å². The normalized spacial score (nSPS) is 42.0. The number of aliphatic hydroxyl groups is 3. The molecule has 20 heavy (non-hydrogen) atoms. The maximum absolute atomic E-state index is 11.8. The van der Waals surface area contributed by atoms with Crippen LogP contribution in [0.1, 0.15) is 13.3 Å². The predicted octanol–water partition coefficient (Wildman–Crippen LogP) is -2.43. The van der Waals surface area contributed by atoms with E-state index < -0.39 is 48.8 Å². The molecule has 0 radical (unpaired) electrons. The second kappa shape index (κ2) is 5.24. The van der Waals surface area contributed by atoms with Gasteiger partial charge in [0.05, 0.1) is 12.7 Å². The van der Waals surface area contributed by atoms with Gasteiger partial charge in [0, 0.05) is 6.42 Å². The molecule has 0 unspecified atom stereocenters. The van der Waals surface area contributed by atoms with Crippen molar-refractivity contribution in [3.8, 4) is 0 Å². The number of nitrogens with one attached hydrogen (secondary N) is 1. The van der Waals surface area contributed by atoms with Gasteiger partial charge in [-0.2, -0.15) is 0 Å². The van der Waals surface area contributed by atoms with Crippen LogP contribution in [0.2, 0.25) is 0 Å². The summed E-state index contributed by atoms with van der Waals surface area (Å²) in [6.45, 7) is 0.622. The molecule has 5 N–H and O–H groups in total. The molecule has 2 rings (SSSR count). The van der Waals surface area contributed by atoms with Gasteiger partial charge >= 0.3 is 6.03 Å². The van der Waals surface area contributed by atoms with Crippen LogP contribution in [-0.4, -0.2) is 74.3 Å². The van der Waals surface area contributed by atoms with Crippen LogP contribution in [0.4, 0.5) is 4.79 Å². The summed E-state index contributed by atoms with van der Waals surface area (Å²) >= 11 is 0. The Morgan fingerprint density at radius 3 is 2.65 bits per heavy atom. The standard InChI is InChI=1S/C10H16N2O8/c1-10(20-18)7(15)11-9(17)12(8(10)16)6-2-4(14)5(3-13)19-6/h4-6,8,13-14,16,18H,2-3H2,1H3,(H,11,15,17)/t4-,5+,6+,8+,10+/m0/s1. The summed E-state index contributed by atoms with van der Waals surface area (Å²) in [6.07, 6.45) is -4.88. The van der Waals surface area contributed by atoms with Gasteiger partial charge in [0.1, 0.15) is 12.3 Å². The molecule has 2 saturated heterocycles. The number of carbonyl (C=O) groups excluding carboxylic acids is 2. The van der Waals surface area contributed by atoms with Crippen molar-refractivity contribution >= 4 is 11.9 Å². The molecule has 10 heteroatoms. The molecule has 5 atom stereocenters. The average Bonchev–Trinajstić information content (AvgIpc) is 2.77. The predicted molar refractivity (Wildman–Crippen MR) is 59.9 cm³/mol. The van der Waals surface area contributed by atoms with Crippen molar-refractivity contribution in [2.45, 2.75) is 43.6 Å². The van der Waals surface area contributed by atoms with E-state index in [9.17, 15) is 19.8 Å².